The van der Waals surface area contributed by atoms with Crippen molar-refractivity contribution in [1.82, 2.24) is 4.98 Å². The summed E-state index contributed by atoms with van der Waals surface area (Å²) in [5, 5.41) is 1.49. The lowest BCUT2D eigenvalue weighted by Gasteiger charge is -2.05. The van der Waals surface area contributed by atoms with Crippen molar-refractivity contribution < 1.29 is 4.79 Å². The van der Waals surface area contributed by atoms with Crippen LogP contribution < -0.4 is 5.73 Å². The molecule has 3 rings (SSSR count). The largest absolute Gasteiger partial charge is 0.366 e. The van der Waals surface area contributed by atoms with Crippen LogP contribution in [-0.4, -0.2) is 10.9 Å². The van der Waals surface area contributed by atoms with Gasteiger partial charge in [-0.15, -0.1) is 0 Å². The van der Waals surface area contributed by atoms with Gasteiger partial charge in [-0.05, 0) is 30.2 Å². The molecule has 0 saturated carbocycles. The normalized spacial score (nSPS) is 10.9. The third-order valence-corrected chi connectivity index (χ3v) is 3.80. The average molecular weight is 285 g/mol. The first-order chi connectivity index (χ1) is 9.58. The maximum Gasteiger partial charge on any atom is 0.250 e. The molecule has 0 radical (unpaired) electrons. The maximum atomic E-state index is 11.4. The smallest absolute Gasteiger partial charge is 0.250 e. The number of amides is 1. The molecule has 0 aliphatic carbocycles. The SMILES string of the molecule is Cc1cccc2c(-c3ccc(Cl)c(C(N)=O)c3)c[nH]c12. The second-order valence-electron chi connectivity index (χ2n) is 4.76. The van der Waals surface area contributed by atoms with Crippen LogP contribution in [0, 0.1) is 6.92 Å². The molecular weight excluding hydrogens is 272 g/mol. The van der Waals surface area contributed by atoms with E-state index in [-0.39, 0.29) is 0 Å². The molecule has 3 aromatic rings. The molecule has 0 fully saturated rings. The third-order valence-electron chi connectivity index (χ3n) is 3.47. The summed E-state index contributed by atoms with van der Waals surface area (Å²) in [6.07, 6.45) is 1.94. The molecule has 4 heteroatoms. The Kier molecular flexibility index (Phi) is 2.99. The van der Waals surface area contributed by atoms with Crippen LogP contribution >= 0.6 is 11.6 Å². The van der Waals surface area contributed by atoms with E-state index in [0.717, 1.165) is 22.0 Å². The molecule has 0 atom stereocenters. The van der Waals surface area contributed by atoms with Gasteiger partial charge in [0.1, 0.15) is 0 Å². The number of primary amides is 1. The van der Waals surface area contributed by atoms with Crippen LogP contribution in [0.3, 0.4) is 0 Å². The summed E-state index contributed by atoms with van der Waals surface area (Å²) in [6, 6.07) is 11.4. The molecule has 0 saturated heterocycles. The molecule has 2 aromatic carbocycles. The quantitative estimate of drug-likeness (QED) is 0.737. The van der Waals surface area contributed by atoms with Gasteiger partial charge in [-0.25, -0.2) is 0 Å². The predicted molar refractivity (Wildman–Crippen MR) is 82.0 cm³/mol. The van der Waals surface area contributed by atoms with E-state index in [1.807, 2.05) is 24.4 Å². The van der Waals surface area contributed by atoms with Gasteiger partial charge in [0.2, 0.25) is 5.91 Å². The third kappa shape index (κ3) is 1.96. The number of halogens is 1. The van der Waals surface area contributed by atoms with E-state index in [4.69, 9.17) is 17.3 Å². The number of hydrogen-bond acceptors (Lipinski definition) is 1. The first-order valence-corrected chi connectivity index (χ1v) is 6.62. The number of aromatic nitrogens is 1. The first-order valence-electron chi connectivity index (χ1n) is 6.24. The maximum absolute atomic E-state index is 11.4. The van der Waals surface area contributed by atoms with Gasteiger partial charge in [0.25, 0.3) is 0 Å². The summed E-state index contributed by atoms with van der Waals surface area (Å²) in [7, 11) is 0. The Bertz CT molecular complexity index is 820. The van der Waals surface area contributed by atoms with Crippen LogP contribution in [0.1, 0.15) is 15.9 Å². The number of aryl methyl sites for hydroxylation is 1. The molecule has 0 aliphatic heterocycles. The lowest BCUT2D eigenvalue weighted by atomic mass is 10.0. The molecule has 3 N–H and O–H groups in total. The molecule has 1 heterocycles. The van der Waals surface area contributed by atoms with Crippen molar-refractivity contribution in [1.29, 1.82) is 0 Å². The molecule has 0 bridgehead atoms. The lowest BCUT2D eigenvalue weighted by Crippen LogP contribution is -2.11. The molecule has 100 valence electrons. The summed E-state index contributed by atoms with van der Waals surface area (Å²) in [4.78, 5) is 14.7. The fraction of sp³-hybridized carbons (Fsp3) is 0.0625. The predicted octanol–water partition coefficient (Wildman–Crippen LogP) is 3.90. The van der Waals surface area contributed by atoms with Gasteiger partial charge < -0.3 is 10.7 Å². The Morgan fingerprint density at radius 3 is 2.80 bits per heavy atom. The summed E-state index contributed by atoms with van der Waals surface area (Å²) >= 11 is 5.99. The summed E-state index contributed by atoms with van der Waals surface area (Å²) < 4.78 is 0. The van der Waals surface area contributed by atoms with E-state index < -0.39 is 5.91 Å². The fourth-order valence-electron chi connectivity index (χ4n) is 2.43. The van der Waals surface area contributed by atoms with Crippen LogP contribution in [0.25, 0.3) is 22.0 Å². The standard InChI is InChI=1S/C16H13ClN2O/c1-9-3-2-4-11-13(8-19-15(9)11)10-5-6-14(17)12(7-10)16(18)20/h2-8,19H,1H3,(H2,18,20). The van der Waals surface area contributed by atoms with Gasteiger partial charge in [-0.3, -0.25) is 4.79 Å². The number of carbonyl (C=O) groups excluding carboxylic acids is 1. The van der Waals surface area contributed by atoms with Crippen molar-refractivity contribution in [2.75, 3.05) is 0 Å². The van der Waals surface area contributed by atoms with E-state index in [9.17, 15) is 4.79 Å². The van der Waals surface area contributed by atoms with Crippen molar-refractivity contribution in [2.45, 2.75) is 6.92 Å². The van der Waals surface area contributed by atoms with Crippen molar-refractivity contribution in [2.24, 2.45) is 5.73 Å². The van der Waals surface area contributed by atoms with Crippen LogP contribution in [0.4, 0.5) is 0 Å². The minimum Gasteiger partial charge on any atom is -0.366 e. The van der Waals surface area contributed by atoms with Crippen molar-refractivity contribution in [3.05, 3.63) is 58.7 Å². The van der Waals surface area contributed by atoms with Gasteiger partial charge in [-0.1, -0.05) is 35.9 Å². The highest BCUT2D eigenvalue weighted by atomic mass is 35.5. The highest BCUT2D eigenvalue weighted by Crippen LogP contribution is 2.32. The van der Waals surface area contributed by atoms with Gasteiger partial charge >= 0.3 is 0 Å². The highest BCUT2D eigenvalue weighted by Gasteiger charge is 2.12. The zero-order valence-electron chi connectivity index (χ0n) is 10.9. The fourth-order valence-corrected chi connectivity index (χ4v) is 2.64. The molecule has 3 nitrogen and oxygen atoms in total. The van der Waals surface area contributed by atoms with E-state index in [2.05, 4.69) is 18.0 Å². The Labute approximate surface area is 121 Å². The number of nitrogens with two attached hydrogens (primary N) is 1. The second kappa shape index (κ2) is 4.69. The Balaban J connectivity index is 2.24. The minimum atomic E-state index is -0.520. The number of benzene rings is 2. The Morgan fingerprint density at radius 2 is 2.05 bits per heavy atom. The molecule has 20 heavy (non-hydrogen) atoms. The minimum absolute atomic E-state index is 0.339. The van der Waals surface area contributed by atoms with Crippen LogP contribution in [0.5, 0.6) is 0 Å². The van der Waals surface area contributed by atoms with Gasteiger partial charge in [-0.2, -0.15) is 0 Å². The molecular formula is C16H13ClN2O. The summed E-state index contributed by atoms with van der Waals surface area (Å²) in [6.45, 7) is 2.05. The molecule has 1 amide bonds. The second-order valence-corrected chi connectivity index (χ2v) is 5.17. The van der Waals surface area contributed by atoms with Gasteiger partial charge in [0.05, 0.1) is 10.6 Å². The van der Waals surface area contributed by atoms with Gasteiger partial charge in [0.15, 0.2) is 0 Å². The van der Waals surface area contributed by atoms with Crippen molar-refractivity contribution in [3.63, 3.8) is 0 Å². The first kappa shape index (κ1) is 12.8. The van der Waals surface area contributed by atoms with E-state index >= 15 is 0 Å². The lowest BCUT2D eigenvalue weighted by molar-refractivity contribution is 0.100. The van der Waals surface area contributed by atoms with Crippen molar-refractivity contribution in [3.8, 4) is 11.1 Å². The van der Waals surface area contributed by atoms with E-state index in [1.165, 1.54) is 5.56 Å². The number of para-hydroxylation sites is 1. The van der Waals surface area contributed by atoms with E-state index in [0.29, 0.717) is 10.6 Å². The van der Waals surface area contributed by atoms with Crippen LogP contribution in [-0.2, 0) is 0 Å². The molecule has 0 spiro atoms. The summed E-state index contributed by atoms with van der Waals surface area (Å²) in [5.41, 5.74) is 9.90. The number of rotatable bonds is 2. The van der Waals surface area contributed by atoms with E-state index in [1.54, 1.807) is 12.1 Å². The molecule has 1 aromatic heterocycles. The number of carbonyl (C=O) groups is 1. The average Bonchev–Trinajstić information content (AvgIpc) is 2.84. The zero-order valence-corrected chi connectivity index (χ0v) is 11.7. The summed E-state index contributed by atoms with van der Waals surface area (Å²) in [5.74, 6) is -0.520. The number of nitrogens with one attached hydrogen (secondary N) is 1. The molecule has 0 aliphatic rings. The number of hydrogen-bond donors (Lipinski definition) is 2. The Hall–Kier alpha value is -2.26. The van der Waals surface area contributed by atoms with Gasteiger partial charge in [0, 0.05) is 22.7 Å². The topological polar surface area (TPSA) is 58.9 Å². The number of fused-ring (bicyclic) bond motifs is 1. The van der Waals surface area contributed by atoms with Crippen LogP contribution in [0.15, 0.2) is 42.6 Å². The number of H-pyrrole nitrogens is 1. The molecule has 0 unspecified atom stereocenters. The monoisotopic (exact) mass is 284 g/mol. The highest BCUT2D eigenvalue weighted by molar-refractivity contribution is 6.34. The van der Waals surface area contributed by atoms with Crippen molar-refractivity contribution >= 4 is 28.4 Å². The number of aromatic amines is 1. The Morgan fingerprint density at radius 1 is 1.25 bits per heavy atom. The van der Waals surface area contributed by atoms with Crippen LogP contribution in [0.2, 0.25) is 5.02 Å². The zero-order chi connectivity index (χ0) is 14.3.